The van der Waals surface area contributed by atoms with Crippen LogP contribution in [0.3, 0.4) is 0 Å². The Morgan fingerprint density at radius 3 is 2.67 bits per heavy atom. The normalized spacial score (nSPS) is 17.5. The van der Waals surface area contributed by atoms with Crippen molar-refractivity contribution >= 4 is 23.2 Å². The van der Waals surface area contributed by atoms with Crippen molar-refractivity contribution < 1.29 is 4.79 Å². The molecule has 120 valence electrons. The number of carbonyl (C=O) groups is 1. The molecule has 1 atom stereocenters. The molecule has 0 aliphatic carbocycles. The first-order valence-corrected chi connectivity index (χ1v) is 8.26. The average Bonchev–Trinajstić information content (AvgIpc) is 3.25. The lowest BCUT2D eigenvalue weighted by molar-refractivity contribution is -0.118. The Morgan fingerprint density at radius 1 is 1.12 bits per heavy atom. The van der Waals surface area contributed by atoms with Gasteiger partial charge in [-0.3, -0.25) is 9.89 Å². The molecule has 0 saturated carbocycles. The maximum Gasteiger partial charge on any atom is 0.234 e. The van der Waals surface area contributed by atoms with E-state index >= 15 is 0 Å². The molecule has 1 aliphatic rings. The Balaban J connectivity index is 1.56. The number of anilines is 1. The van der Waals surface area contributed by atoms with E-state index in [-0.39, 0.29) is 11.8 Å². The number of amides is 1. The van der Waals surface area contributed by atoms with Crippen molar-refractivity contribution in [3.8, 4) is 11.1 Å². The number of H-pyrrole nitrogens is 1. The molecule has 0 unspecified atom stereocenters. The molecule has 2 aromatic carbocycles. The van der Waals surface area contributed by atoms with Crippen LogP contribution in [0.25, 0.3) is 11.1 Å². The highest BCUT2D eigenvalue weighted by molar-refractivity contribution is 6.30. The quantitative estimate of drug-likeness (QED) is 0.776. The Morgan fingerprint density at radius 2 is 1.96 bits per heavy atom. The van der Waals surface area contributed by atoms with Crippen molar-refractivity contribution in [3.63, 3.8) is 0 Å². The third-order valence-electron chi connectivity index (χ3n) is 4.47. The highest BCUT2D eigenvalue weighted by Crippen LogP contribution is 2.33. The third-order valence-corrected chi connectivity index (χ3v) is 4.70. The first-order chi connectivity index (χ1) is 11.7. The van der Waals surface area contributed by atoms with Crippen molar-refractivity contribution in [2.24, 2.45) is 0 Å². The average molecular weight is 338 g/mol. The van der Waals surface area contributed by atoms with Crippen LogP contribution in [0, 0.1) is 0 Å². The van der Waals surface area contributed by atoms with Crippen LogP contribution in [0.1, 0.15) is 17.9 Å². The van der Waals surface area contributed by atoms with Gasteiger partial charge in [-0.2, -0.15) is 5.10 Å². The van der Waals surface area contributed by atoms with Crippen molar-refractivity contribution in [2.45, 2.75) is 12.3 Å². The number of nitrogens with one attached hydrogen (secondary N) is 1. The summed E-state index contributed by atoms with van der Waals surface area (Å²) in [7, 11) is 0. The summed E-state index contributed by atoms with van der Waals surface area (Å²) in [4.78, 5) is 14.7. The summed E-state index contributed by atoms with van der Waals surface area (Å²) in [6.07, 6.45) is 4.44. The zero-order valence-corrected chi connectivity index (χ0v) is 13.7. The molecule has 0 radical (unpaired) electrons. The Kier molecular flexibility index (Phi) is 3.82. The van der Waals surface area contributed by atoms with Crippen LogP contribution < -0.4 is 4.90 Å². The van der Waals surface area contributed by atoms with Gasteiger partial charge in [0.15, 0.2) is 0 Å². The number of aromatic amines is 1. The summed E-state index contributed by atoms with van der Waals surface area (Å²) in [6, 6.07) is 15.6. The zero-order chi connectivity index (χ0) is 16.5. The number of hydrogen-bond acceptors (Lipinski definition) is 2. The molecule has 0 spiro atoms. The van der Waals surface area contributed by atoms with Gasteiger partial charge in [0.1, 0.15) is 0 Å². The molecular weight excluding hydrogens is 322 g/mol. The van der Waals surface area contributed by atoms with Gasteiger partial charge in [0.25, 0.3) is 0 Å². The molecule has 3 aromatic rings. The Labute approximate surface area is 145 Å². The molecule has 0 bridgehead atoms. The number of rotatable bonds is 3. The molecule has 1 aliphatic heterocycles. The third kappa shape index (κ3) is 2.69. The van der Waals surface area contributed by atoms with Crippen LogP contribution in [0.4, 0.5) is 5.69 Å². The molecule has 2 heterocycles. The predicted octanol–water partition coefficient (Wildman–Crippen LogP) is 4.25. The second kappa shape index (κ2) is 6.13. The Bertz CT molecular complexity index is 859. The lowest BCUT2D eigenvalue weighted by Crippen LogP contribution is -2.26. The smallest absolute Gasteiger partial charge is 0.234 e. The number of nitrogens with zero attached hydrogens (tertiary/aromatic N) is 2. The second-order valence-electron chi connectivity index (χ2n) is 5.92. The van der Waals surface area contributed by atoms with Crippen LogP contribution in [-0.4, -0.2) is 22.6 Å². The summed E-state index contributed by atoms with van der Waals surface area (Å²) in [5.41, 5.74) is 4.03. The van der Waals surface area contributed by atoms with E-state index in [9.17, 15) is 4.79 Å². The Hall–Kier alpha value is -2.59. The lowest BCUT2D eigenvalue weighted by Gasteiger charge is -2.17. The summed E-state index contributed by atoms with van der Waals surface area (Å²) >= 11 is 6.06. The van der Waals surface area contributed by atoms with E-state index in [0.717, 1.165) is 35.3 Å². The first-order valence-electron chi connectivity index (χ1n) is 7.88. The summed E-state index contributed by atoms with van der Waals surface area (Å²) in [5.74, 6) is 0.0191. The minimum Gasteiger partial charge on any atom is -0.312 e. The van der Waals surface area contributed by atoms with Crippen molar-refractivity contribution in [1.29, 1.82) is 0 Å². The SMILES string of the molecule is O=C1[C@@H](c2cccc(Cl)c2)CCN1c1ccc(-c2cn[nH]c2)cc1. The standard InChI is InChI=1S/C19H16ClN3O/c20-16-3-1-2-14(10-16)18-8-9-23(19(18)24)17-6-4-13(5-7-17)15-11-21-22-12-15/h1-7,10-12,18H,8-9H2,(H,21,22)/t18-/m1/s1. The lowest BCUT2D eigenvalue weighted by atomic mass is 9.98. The van der Waals surface area contributed by atoms with Crippen LogP contribution in [-0.2, 0) is 4.79 Å². The minimum absolute atomic E-state index is 0.114. The van der Waals surface area contributed by atoms with E-state index in [2.05, 4.69) is 10.2 Å². The fourth-order valence-electron chi connectivity index (χ4n) is 3.21. The largest absolute Gasteiger partial charge is 0.312 e. The maximum atomic E-state index is 12.8. The van der Waals surface area contributed by atoms with E-state index in [1.54, 1.807) is 6.20 Å². The van der Waals surface area contributed by atoms with Crippen LogP contribution in [0.15, 0.2) is 60.9 Å². The van der Waals surface area contributed by atoms with Gasteiger partial charge in [-0.1, -0.05) is 35.9 Å². The van der Waals surface area contributed by atoms with Crippen molar-refractivity contribution in [1.82, 2.24) is 10.2 Å². The van der Waals surface area contributed by atoms with E-state index in [1.165, 1.54) is 0 Å². The number of halogens is 1. The van der Waals surface area contributed by atoms with Gasteiger partial charge in [-0.05, 0) is 41.8 Å². The number of carbonyl (C=O) groups excluding carboxylic acids is 1. The van der Waals surface area contributed by atoms with Gasteiger partial charge < -0.3 is 4.90 Å². The summed E-state index contributed by atoms with van der Waals surface area (Å²) in [6.45, 7) is 0.723. The molecule has 24 heavy (non-hydrogen) atoms. The van der Waals surface area contributed by atoms with E-state index < -0.39 is 0 Å². The van der Waals surface area contributed by atoms with E-state index in [1.807, 2.05) is 59.6 Å². The maximum absolute atomic E-state index is 12.8. The van der Waals surface area contributed by atoms with Gasteiger partial charge in [-0.25, -0.2) is 0 Å². The van der Waals surface area contributed by atoms with Crippen molar-refractivity contribution in [3.05, 3.63) is 71.5 Å². The molecule has 1 aromatic heterocycles. The fraction of sp³-hybridized carbons (Fsp3) is 0.158. The number of benzene rings is 2. The molecular formula is C19H16ClN3O. The molecule has 1 fully saturated rings. The number of aromatic nitrogens is 2. The van der Waals surface area contributed by atoms with Gasteiger partial charge in [0, 0.05) is 29.0 Å². The van der Waals surface area contributed by atoms with Gasteiger partial charge in [0.05, 0.1) is 12.1 Å². The van der Waals surface area contributed by atoms with Gasteiger partial charge in [0.2, 0.25) is 5.91 Å². The summed E-state index contributed by atoms with van der Waals surface area (Å²) in [5, 5.41) is 7.44. The molecule has 4 rings (SSSR count). The van der Waals surface area contributed by atoms with Crippen LogP contribution in [0.2, 0.25) is 5.02 Å². The van der Waals surface area contributed by atoms with E-state index in [4.69, 9.17) is 11.6 Å². The molecule has 1 saturated heterocycles. The van der Waals surface area contributed by atoms with Crippen LogP contribution in [0.5, 0.6) is 0 Å². The topological polar surface area (TPSA) is 49.0 Å². The molecule has 4 nitrogen and oxygen atoms in total. The fourth-order valence-corrected chi connectivity index (χ4v) is 3.41. The predicted molar refractivity (Wildman–Crippen MR) is 95.2 cm³/mol. The van der Waals surface area contributed by atoms with Gasteiger partial charge >= 0.3 is 0 Å². The van der Waals surface area contributed by atoms with Gasteiger partial charge in [-0.15, -0.1) is 0 Å². The zero-order valence-electron chi connectivity index (χ0n) is 12.9. The second-order valence-corrected chi connectivity index (χ2v) is 6.36. The minimum atomic E-state index is -0.114. The van der Waals surface area contributed by atoms with Crippen molar-refractivity contribution in [2.75, 3.05) is 11.4 Å². The highest BCUT2D eigenvalue weighted by Gasteiger charge is 2.33. The number of hydrogen-bond donors (Lipinski definition) is 1. The van der Waals surface area contributed by atoms with E-state index in [0.29, 0.717) is 5.02 Å². The molecule has 1 N–H and O–H groups in total. The first kappa shape index (κ1) is 15.0. The molecule has 5 heteroatoms. The monoisotopic (exact) mass is 337 g/mol. The molecule has 1 amide bonds. The van der Waals surface area contributed by atoms with Crippen LogP contribution >= 0.6 is 11.6 Å². The summed E-state index contributed by atoms with van der Waals surface area (Å²) < 4.78 is 0. The highest BCUT2D eigenvalue weighted by atomic mass is 35.5.